The minimum atomic E-state index is -5.78. The maximum atomic E-state index is 13.1. The van der Waals surface area contributed by atoms with Gasteiger partial charge >= 0.3 is 29.6 Å². The van der Waals surface area contributed by atoms with Crippen LogP contribution in [-0.4, -0.2) is 64.7 Å². The molecule has 3 rings (SSSR count). The van der Waals surface area contributed by atoms with E-state index in [-0.39, 0.29) is 26.8 Å². The molecule has 7 N–H and O–H groups in total. The number of phosphoric acid groups is 3. The first-order valence-corrected chi connectivity index (χ1v) is 14.5. The molecule has 1 fully saturated rings. The molecular weight excluding hydrogens is 598 g/mol. The third-order valence-electron chi connectivity index (χ3n) is 4.84. The van der Waals surface area contributed by atoms with Crippen molar-refractivity contribution in [2.45, 2.75) is 37.5 Å². The van der Waals surface area contributed by atoms with Crippen molar-refractivity contribution in [3.8, 4) is 0 Å². The number of aliphatic hydroxyl groups excluding tert-OH is 2. The van der Waals surface area contributed by atoms with E-state index in [1.807, 2.05) is 0 Å². The van der Waals surface area contributed by atoms with Crippen molar-refractivity contribution in [2.24, 2.45) is 0 Å². The summed E-state index contributed by atoms with van der Waals surface area (Å²) in [7, 11) is -16.9. The zero-order chi connectivity index (χ0) is 28.1. The molecular formula is C15H18F3N2O13P3S. The smallest absolute Gasteiger partial charge is 0.387 e. The molecule has 2 aromatic rings. The molecule has 0 saturated carbocycles. The maximum absolute atomic E-state index is 13.1. The Morgan fingerprint density at radius 3 is 2.27 bits per heavy atom. The topological polar surface area (TPSA) is 238 Å². The number of alkyl halides is 3. The molecule has 0 spiro atoms. The zero-order valence-electron chi connectivity index (χ0n) is 18.0. The number of pyridine rings is 2. The number of aliphatic hydroxyl groups is 2. The summed E-state index contributed by atoms with van der Waals surface area (Å²) in [6, 6.07) is 2.07. The van der Waals surface area contributed by atoms with E-state index < -0.39 is 66.4 Å². The second-order valence-corrected chi connectivity index (χ2v) is 12.4. The van der Waals surface area contributed by atoms with E-state index in [4.69, 9.17) is 31.6 Å². The van der Waals surface area contributed by atoms with Crippen LogP contribution >= 0.6 is 35.7 Å². The molecule has 6 atom stereocenters. The number of aromatic nitrogens is 2. The standard InChI is InChI=1S/C15H18F3N2O13P3S/c1-5-2-9(15(16,17)18)19-13-6(5)3-7(14(37)20-13)12-11(22)10(21)8(31-12)4-30-35(26,27)33-36(28,29)32-34(23,24)25/h2-3,8,10-12,21-22H,4H2,1H3,(H,26,27)(H,28,29)(H,19,20,37)(H2,23,24,25)/t8-,10+,11?,12+/m1/s1. The summed E-state index contributed by atoms with van der Waals surface area (Å²) in [5.41, 5.74) is -1.23. The van der Waals surface area contributed by atoms with Gasteiger partial charge in [0.15, 0.2) is 0 Å². The first-order chi connectivity index (χ1) is 16.7. The fourth-order valence-electron chi connectivity index (χ4n) is 3.33. The van der Waals surface area contributed by atoms with Crippen molar-refractivity contribution in [1.29, 1.82) is 0 Å². The molecule has 0 aromatic carbocycles. The van der Waals surface area contributed by atoms with Gasteiger partial charge in [-0.1, -0.05) is 12.2 Å². The summed E-state index contributed by atoms with van der Waals surface area (Å²) < 4.78 is 89.9. The quantitative estimate of drug-likeness (QED) is 0.166. The highest BCUT2D eigenvalue weighted by molar-refractivity contribution is 7.71. The first-order valence-electron chi connectivity index (χ1n) is 9.61. The normalized spacial score (nSPS) is 26.2. The predicted molar refractivity (Wildman–Crippen MR) is 116 cm³/mol. The number of hydrogen-bond donors (Lipinski definition) is 7. The lowest BCUT2D eigenvalue weighted by atomic mass is 10.0. The van der Waals surface area contributed by atoms with Gasteiger partial charge in [0.1, 0.15) is 40.4 Å². The molecule has 0 aliphatic carbocycles. The van der Waals surface area contributed by atoms with Crippen LogP contribution in [0.15, 0.2) is 12.1 Å². The van der Waals surface area contributed by atoms with E-state index in [1.54, 1.807) is 0 Å². The van der Waals surface area contributed by atoms with Gasteiger partial charge in [-0.15, -0.1) is 0 Å². The summed E-state index contributed by atoms with van der Waals surface area (Å²) in [6.45, 7) is 0.310. The lowest BCUT2D eigenvalue weighted by Crippen LogP contribution is -2.33. The third-order valence-corrected chi connectivity index (χ3v) is 8.98. The highest BCUT2D eigenvalue weighted by Crippen LogP contribution is 2.66. The molecule has 208 valence electrons. The fourth-order valence-corrected chi connectivity index (χ4v) is 6.63. The molecule has 0 radical (unpaired) electrons. The number of phosphoric ester groups is 1. The summed E-state index contributed by atoms with van der Waals surface area (Å²) in [5, 5.41) is 20.9. The van der Waals surface area contributed by atoms with Crippen LogP contribution in [0.2, 0.25) is 0 Å². The van der Waals surface area contributed by atoms with Crippen molar-refractivity contribution in [1.82, 2.24) is 9.97 Å². The average Bonchev–Trinajstić information content (AvgIpc) is 2.96. The Morgan fingerprint density at radius 2 is 1.70 bits per heavy atom. The molecule has 3 heterocycles. The Morgan fingerprint density at radius 1 is 1.08 bits per heavy atom. The minimum absolute atomic E-state index is 0.0135. The second kappa shape index (κ2) is 10.4. The fraction of sp³-hybridized carbons (Fsp3) is 0.467. The Hall–Kier alpha value is -1.14. The van der Waals surface area contributed by atoms with Gasteiger partial charge in [-0.25, -0.2) is 18.7 Å². The Labute approximate surface area is 209 Å². The van der Waals surface area contributed by atoms with E-state index in [0.29, 0.717) is 0 Å². The van der Waals surface area contributed by atoms with Crippen LogP contribution in [0.3, 0.4) is 0 Å². The van der Waals surface area contributed by atoms with Gasteiger partial charge in [-0.3, -0.25) is 4.52 Å². The van der Waals surface area contributed by atoms with Crippen LogP contribution in [0.1, 0.15) is 22.9 Å². The minimum Gasteiger partial charge on any atom is -0.387 e. The Kier molecular flexibility index (Phi) is 8.58. The molecule has 22 heteroatoms. The molecule has 1 saturated heterocycles. The number of nitrogens with one attached hydrogen (secondary N) is 1. The van der Waals surface area contributed by atoms with E-state index in [2.05, 4.69) is 23.1 Å². The third kappa shape index (κ3) is 7.50. The Balaban J connectivity index is 1.80. The molecule has 15 nitrogen and oxygen atoms in total. The second-order valence-electron chi connectivity index (χ2n) is 7.60. The molecule has 1 aliphatic heterocycles. The van der Waals surface area contributed by atoms with Crippen LogP contribution in [-0.2, 0) is 37.8 Å². The average molecular weight is 616 g/mol. The highest BCUT2D eigenvalue weighted by atomic mass is 32.1. The van der Waals surface area contributed by atoms with E-state index in [1.165, 1.54) is 13.0 Å². The van der Waals surface area contributed by atoms with Gasteiger partial charge in [0.2, 0.25) is 0 Å². The number of hydrogen-bond acceptors (Lipinski definition) is 11. The molecule has 2 aromatic heterocycles. The lowest BCUT2D eigenvalue weighted by Gasteiger charge is -2.19. The van der Waals surface area contributed by atoms with Crippen LogP contribution in [0.5, 0.6) is 0 Å². The van der Waals surface area contributed by atoms with Crippen LogP contribution in [0.4, 0.5) is 13.2 Å². The van der Waals surface area contributed by atoms with Crippen molar-refractivity contribution >= 4 is 46.7 Å². The Bertz CT molecular complexity index is 1400. The van der Waals surface area contributed by atoms with Gasteiger partial charge in [-0.2, -0.15) is 21.8 Å². The van der Waals surface area contributed by atoms with Crippen molar-refractivity contribution in [3.05, 3.63) is 33.6 Å². The first kappa shape index (κ1) is 30.4. The van der Waals surface area contributed by atoms with Crippen LogP contribution < -0.4 is 0 Å². The summed E-state index contributed by atoms with van der Waals surface area (Å²) in [6.07, 6.45) is -11.3. The van der Waals surface area contributed by atoms with Crippen molar-refractivity contribution in [2.75, 3.05) is 6.61 Å². The van der Waals surface area contributed by atoms with Gasteiger partial charge in [-0.05, 0) is 24.6 Å². The number of fused-ring (bicyclic) bond motifs is 1. The van der Waals surface area contributed by atoms with Crippen LogP contribution in [0, 0.1) is 11.6 Å². The largest absolute Gasteiger partial charge is 0.490 e. The van der Waals surface area contributed by atoms with Gasteiger partial charge in [0, 0.05) is 10.9 Å². The number of H-pyrrole nitrogens is 1. The van der Waals surface area contributed by atoms with Gasteiger partial charge < -0.3 is 39.5 Å². The number of halogens is 3. The molecule has 0 bridgehead atoms. The van der Waals surface area contributed by atoms with Gasteiger partial charge in [0.05, 0.1) is 6.61 Å². The van der Waals surface area contributed by atoms with Crippen LogP contribution in [0.25, 0.3) is 11.0 Å². The lowest BCUT2D eigenvalue weighted by molar-refractivity contribution is -0.141. The van der Waals surface area contributed by atoms with E-state index >= 15 is 0 Å². The van der Waals surface area contributed by atoms with Crippen molar-refractivity contribution < 1.29 is 74.5 Å². The number of aromatic amines is 1. The number of ether oxygens (including phenoxy) is 1. The number of nitrogens with zero attached hydrogens (tertiary/aromatic N) is 1. The SMILES string of the molecule is Cc1cc(C(F)(F)F)nc2[nH]c(=S)c([C@@H]3O[C@H](COP(=O)(O)OP(=O)(O)OP(=O)(O)O)[C@H](O)C3O)cc12. The van der Waals surface area contributed by atoms with E-state index in [0.717, 1.165) is 6.07 Å². The summed E-state index contributed by atoms with van der Waals surface area (Å²) in [4.78, 5) is 41.8. The molecule has 1 aliphatic rings. The van der Waals surface area contributed by atoms with Crippen molar-refractivity contribution in [3.63, 3.8) is 0 Å². The highest BCUT2D eigenvalue weighted by Gasteiger charge is 2.46. The number of rotatable bonds is 8. The molecule has 3 unspecified atom stereocenters. The molecule has 0 amide bonds. The maximum Gasteiger partial charge on any atom is 0.490 e. The predicted octanol–water partition coefficient (Wildman–Crippen LogP) is 2.12. The zero-order valence-corrected chi connectivity index (χ0v) is 21.5. The molecule has 37 heavy (non-hydrogen) atoms. The monoisotopic (exact) mass is 616 g/mol. The van der Waals surface area contributed by atoms with E-state index in [9.17, 15) is 42.0 Å². The summed E-state index contributed by atoms with van der Waals surface area (Å²) >= 11 is 5.13. The number of aryl methyl sites for hydroxylation is 1. The van der Waals surface area contributed by atoms with Gasteiger partial charge in [0.25, 0.3) is 0 Å². The summed E-state index contributed by atoms with van der Waals surface area (Å²) in [5.74, 6) is 0.